The molecule has 3 heterocycles. The van der Waals surface area contributed by atoms with Gasteiger partial charge in [-0.3, -0.25) is 4.98 Å². The van der Waals surface area contributed by atoms with Crippen LogP contribution in [0, 0.1) is 23.4 Å². The van der Waals surface area contributed by atoms with Gasteiger partial charge in [-0.05, 0) is 65.6 Å². The number of pyridine rings is 2. The molecule has 0 aliphatic carbocycles. The second kappa shape index (κ2) is 13.2. The van der Waals surface area contributed by atoms with Crippen molar-refractivity contribution < 1.29 is 13.2 Å². The maximum absolute atomic E-state index is 15.2. The first-order chi connectivity index (χ1) is 20.6. The van der Waals surface area contributed by atoms with E-state index in [-0.39, 0.29) is 12.2 Å². The van der Waals surface area contributed by atoms with Crippen LogP contribution >= 0.6 is 0 Å². The molecule has 0 radical (unpaired) electrons. The predicted octanol–water partition coefficient (Wildman–Crippen LogP) is 7.87. The Morgan fingerprint density at radius 2 is 1.67 bits per heavy atom. The summed E-state index contributed by atoms with van der Waals surface area (Å²) in [6.07, 6.45) is 5.33. The van der Waals surface area contributed by atoms with E-state index in [9.17, 15) is 4.39 Å². The number of nitrogens with one attached hydrogen (secondary N) is 2. The number of halogens is 3. The van der Waals surface area contributed by atoms with Crippen molar-refractivity contribution in [2.24, 2.45) is 5.92 Å². The highest BCUT2D eigenvalue weighted by molar-refractivity contribution is 5.69. The van der Waals surface area contributed by atoms with Gasteiger partial charge in [0.05, 0.1) is 35.4 Å². The van der Waals surface area contributed by atoms with Crippen LogP contribution in [0.5, 0.6) is 0 Å². The monoisotopic (exact) mass is 587 g/mol. The van der Waals surface area contributed by atoms with Gasteiger partial charge in [0.15, 0.2) is 0 Å². The van der Waals surface area contributed by atoms with Gasteiger partial charge < -0.3 is 15.5 Å². The molecule has 1 fully saturated rings. The van der Waals surface area contributed by atoms with Crippen molar-refractivity contribution in [1.29, 1.82) is 0 Å². The number of hydrogen-bond acceptors (Lipinski definition) is 5. The summed E-state index contributed by atoms with van der Waals surface area (Å²) in [6, 6.07) is 18.0. The first-order valence-electron chi connectivity index (χ1n) is 15.0. The van der Waals surface area contributed by atoms with Crippen molar-refractivity contribution in [3.63, 3.8) is 0 Å². The number of nitrogens with zero attached hydrogens (tertiary/aromatic N) is 3. The van der Waals surface area contributed by atoms with Crippen LogP contribution in [0.25, 0.3) is 11.3 Å². The van der Waals surface area contributed by atoms with E-state index in [1.165, 1.54) is 29.8 Å². The molecule has 0 amide bonds. The van der Waals surface area contributed by atoms with Crippen molar-refractivity contribution >= 4 is 11.4 Å². The van der Waals surface area contributed by atoms with Crippen molar-refractivity contribution in [2.45, 2.75) is 65.1 Å². The van der Waals surface area contributed by atoms with Crippen molar-refractivity contribution in [2.75, 3.05) is 23.3 Å². The van der Waals surface area contributed by atoms with Gasteiger partial charge in [0.1, 0.15) is 23.1 Å². The molecule has 0 saturated carbocycles. The molecule has 0 spiro atoms. The molecule has 1 saturated heterocycles. The van der Waals surface area contributed by atoms with Crippen LogP contribution in [0.4, 0.5) is 24.5 Å². The van der Waals surface area contributed by atoms with Crippen LogP contribution in [0.15, 0.2) is 73.1 Å². The molecule has 5 nitrogen and oxygen atoms in total. The van der Waals surface area contributed by atoms with Gasteiger partial charge in [-0.2, -0.15) is 0 Å². The Balaban J connectivity index is 1.32. The zero-order valence-electron chi connectivity index (χ0n) is 25.3. The van der Waals surface area contributed by atoms with Crippen LogP contribution in [-0.4, -0.2) is 29.1 Å². The van der Waals surface area contributed by atoms with E-state index >= 15 is 8.78 Å². The second-order valence-electron chi connectivity index (χ2n) is 12.2. The molecular formula is C35H40F3N5. The van der Waals surface area contributed by atoms with Gasteiger partial charge in [-0.1, -0.05) is 58.0 Å². The molecule has 2 aromatic carbocycles. The molecule has 2 unspecified atom stereocenters. The Labute approximate surface area is 252 Å². The minimum absolute atomic E-state index is 0.231. The molecule has 4 aromatic rings. The number of anilines is 2. The van der Waals surface area contributed by atoms with E-state index in [4.69, 9.17) is 0 Å². The standard InChI is InChI=1S/C35H40F3N5/c1-5-35(3,4)25-16-29(37)33(30(38)17-25)34-28(36)12-11-26(42-34)19-41-31-20-39-14-13-32(31)43-21-23(2)15-27(22-43)40-18-24-9-7-6-8-10-24/h6-14,16-17,20,23,27,40-41H,5,15,18-19,21-22H2,1-4H3. The van der Waals surface area contributed by atoms with Crippen LogP contribution in [0.3, 0.4) is 0 Å². The quantitative estimate of drug-likeness (QED) is 0.198. The summed E-state index contributed by atoms with van der Waals surface area (Å²) in [5, 5.41) is 7.09. The van der Waals surface area contributed by atoms with Gasteiger partial charge in [0.2, 0.25) is 0 Å². The Hall–Kier alpha value is -3.91. The van der Waals surface area contributed by atoms with Crippen molar-refractivity contribution in [3.05, 3.63) is 107 Å². The fourth-order valence-electron chi connectivity index (χ4n) is 5.69. The first kappa shape index (κ1) is 30.5. The summed E-state index contributed by atoms with van der Waals surface area (Å²) >= 11 is 0. The predicted molar refractivity (Wildman–Crippen MR) is 167 cm³/mol. The number of aromatic nitrogens is 2. The molecular weight excluding hydrogens is 547 g/mol. The molecule has 2 atom stereocenters. The van der Waals surface area contributed by atoms with E-state index in [0.717, 1.165) is 37.4 Å². The lowest BCUT2D eigenvalue weighted by Gasteiger charge is -2.39. The first-order valence-corrected chi connectivity index (χ1v) is 15.0. The molecule has 2 aromatic heterocycles. The highest BCUT2D eigenvalue weighted by atomic mass is 19.1. The number of hydrogen-bond donors (Lipinski definition) is 2. The molecule has 1 aliphatic heterocycles. The number of rotatable bonds is 10. The Morgan fingerprint density at radius 3 is 2.40 bits per heavy atom. The maximum atomic E-state index is 15.2. The summed E-state index contributed by atoms with van der Waals surface area (Å²) in [7, 11) is 0. The van der Waals surface area contributed by atoms with E-state index in [0.29, 0.717) is 29.6 Å². The largest absolute Gasteiger partial charge is 0.376 e. The van der Waals surface area contributed by atoms with E-state index in [1.807, 2.05) is 32.9 Å². The fraction of sp³-hybridized carbons (Fsp3) is 0.371. The highest BCUT2D eigenvalue weighted by Gasteiger charge is 2.27. The third-order valence-electron chi connectivity index (χ3n) is 8.54. The Bertz CT molecular complexity index is 1520. The van der Waals surface area contributed by atoms with Gasteiger partial charge in [0.25, 0.3) is 0 Å². The normalized spacial score (nSPS) is 17.2. The molecule has 2 N–H and O–H groups in total. The average Bonchev–Trinajstić information content (AvgIpc) is 3.00. The molecule has 43 heavy (non-hydrogen) atoms. The lowest BCUT2D eigenvalue weighted by molar-refractivity contribution is 0.350. The number of piperidine rings is 1. The van der Waals surface area contributed by atoms with Crippen molar-refractivity contribution in [3.8, 4) is 11.3 Å². The minimum atomic E-state index is -0.822. The third-order valence-corrected chi connectivity index (χ3v) is 8.54. The van der Waals surface area contributed by atoms with E-state index in [2.05, 4.69) is 56.7 Å². The fourth-order valence-corrected chi connectivity index (χ4v) is 5.69. The van der Waals surface area contributed by atoms with E-state index in [1.54, 1.807) is 12.4 Å². The van der Waals surface area contributed by atoms with Crippen LogP contribution in [-0.2, 0) is 18.5 Å². The smallest absolute Gasteiger partial charge is 0.149 e. The van der Waals surface area contributed by atoms with Gasteiger partial charge >= 0.3 is 0 Å². The molecule has 5 rings (SSSR count). The van der Waals surface area contributed by atoms with Gasteiger partial charge in [-0.25, -0.2) is 18.2 Å². The van der Waals surface area contributed by atoms with Gasteiger partial charge in [0, 0.05) is 31.9 Å². The summed E-state index contributed by atoms with van der Waals surface area (Å²) < 4.78 is 45.3. The summed E-state index contributed by atoms with van der Waals surface area (Å²) in [4.78, 5) is 11.0. The summed E-state index contributed by atoms with van der Waals surface area (Å²) in [5.41, 5.74) is 2.87. The summed E-state index contributed by atoms with van der Waals surface area (Å²) in [5.74, 6) is -1.93. The summed E-state index contributed by atoms with van der Waals surface area (Å²) in [6.45, 7) is 10.9. The SMILES string of the molecule is CCC(C)(C)c1cc(F)c(-c2nc(CNc3cnccc3N3CC(C)CC(NCc4ccccc4)C3)ccc2F)c(F)c1. The zero-order chi connectivity index (χ0) is 30.6. The highest BCUT2D eigenvalue weighted by Crippen LogP contribution is 2.34. The lowest BCUT2D eigenvalue weighted by atomic mass is 9.81. The Kier molecular flexibility index (Phi) is 9.35. The average molecular weight is 588 g/mol. The second-order valence-corrected chi connectivity index (χ2v) is 12.2. The third kappa shape index (κ3) is 7.19. The zero-order valence-corrected chi connectivity index (χ0v) is 25.3. The van der Waals surface area contributed by atoms with Gasteiger partial charge in [-0.15, -0.1) is 0 Å². The van der Waals surface area contributed by atoms with Crippen molar-refractivity contribution in [1.82, 2.24) is 15.3 Å². The lowest BCUT2D eigenvalue weighted by Crippen LogP contribution is -2.48. The van der Waals surface area contributed by atoms with E-state index < -0.39 is 28.4 Å². The van der Waals surface area contributed by atoms with Crippen LogP contribution < -0.4 is 15.5 Å². The maximum Gasteiger partial charge on any atom is 0.149 e. The molecule has 1 aliphatic rings. The van der Waals surface area contributed by atoms with Crippen LogP contribution in [0.2, 0.25) is 0 Å². The molecule has 8 heteroatoms. The molecule has 0 bridgehead atoms. The molecule has 226 valence electrons. The number of benzene rings is 2. The van der Waals surface area contributed by atoms with Crippen LogP contribution in [0.1, 0.15) is 57.4 Å². The minimum Gasteiger partial charge on any atom is -0.376 e. The topological polar surface area (TPSA) is 53.1 Å². The Morgan fingerprint density at radius 1 is 0.930 bits per heavy atom.